The molecule has 1 saturated carbocycles. The fourth-order valence-electron chi connectivity index (χ4n) is 4.86. The maximum Gasteiger partial charge on any atom is 0.0737 e. The summed E-state index contributed by atoms with van der Waals surface area (Å²) in [7, 11) is 0. The first-order chi connectivity index (χ1) is 16.0. The van der Waals surface area contributed by atoms with Gasteiger partial charge in [-0.15, -0.1) is 0 Å². The van der Waals surface area contributed by atoms with Crippen LogP contribution in [-0.2, 0) is 0 Å². The number of aryl methyl sites for hydroxylation is 2. The quantitative estimate of drug-likeness (QED) is 0.320. The molecular weight excluding hydrogens is 426 g/mol. The zero-order valence-corrected chi connectivity index (χ0v) is 20.0. The lowest BCUT2D eigenvalue weighted by Gasteiger charge is -2.31. The molecule has 3 aromatic carbocycles. The zero-order chi connectivity index (χ0) is 22.8. The Balaban J connectivity index is 1.23. The van der Waals surface area contributed by atoms with Crippen molar-refractivity contribution in [2.24, 2.45) is 0 Å². The molecule has 33 heavy (non-hydrogen) atoms. The maximum atomic E-state index is 6.14. The third kappa shape index (κ3) is 5.15. The molecule has 0 amide bonds. The van der Waals surface area contributed by atoms with Gasteiger partial charge in [-0.1, -0.05) is 47.5 Å². The van der Waals surface area contributed by atoms with Gasteiger partial charge in [-0.3, -0.25) is 4.98 Å². The zero-order valence-electron chi connectivity index (χ0n) is 19.2. The fourth-order valence-corrected chi connectivity index (χ4v) is 5.03. The van der Waals surface area contributed by atoms with Gasteiger partial charge in [-0.25, -0.2) is 0 Å². The monoisotopic (exact) mass is 455 g/mol. The van der Waals surface area contributed by atoms with E-state index in [0.717, 1.165) is 47.3 Å². The summed E-state index contributed by atoms with van der Waals surface area (Å²) in [5.74, 6) is 0. The SMILES string of the molecule is Cc1ccc(-c2cc(C)cc(NC3CCC(Nc4ccnc5cc(Cl)ccc45)CC3)c2)cc1. The second-order valence-corrected chi connectivity index (χ2v) is 9.75. The topological polar surface area (TPSA) is 37.0 Å². The highest BCUT2D eigenvalue weighted by Gasteiger charge is 2.21. The summed E-state index contributed by atoms with van der Waals surface area (Å²) in [5.41, 5.74) is 8.43. The van der Waals surface area contributed by atoms with E-state index in [-0.39, 0.29) is 0 Å². The lowest BCUT2D eigenvalue weighted by Crippen LogP contribution is -2.32. The van der Waals surface area contributed by atoms with E-state index in [1.807, 2.05) is 18.3 Å². The van der Waals surface area contributed by atoms with E-state index in [1.54, 1.807) is 0 Å². The summed E-state index contributed by atoms with van der Waals surface area (Å²) in [6, 6.07) is 24.6. The van der Waals surface area contributed by atoms with Gasteiger partial charge in [-0.2, -0.15) is 0 Å². The number of rotatable bonds is 5. The minimum absolute atomic E-state index is 0.477. The van der Waals surface area contributed by atoms with Crippen LogP contribution in [-0.4, -0.2) is 17.1 Å². The molecule has 1 heterocycles. The van der Waals surface area contributed by atoms with E-state index >= 15 is 0 Å². The van der Waals surface area contributed by atoms with Crippen LogP contribution in [0.2, 0.25) is 5.02 Å². The van der Waals surface area contributed by atoms with Crippen LogP contribution in [0, 0.1) is 13.8 Å². The van der Waals surface area contributed by atoms with Gasteiger partial charge in [0, 0.05) is 40.1 Å². The molecule has 4 heteroatoms. The smallest absolute Gasteiger partial charge is 0.0737 e. The highest BCUT2D eigenvalue weighted by atomic mass is 35.5. The van der Waals surface area contributed by atoms with Gasteiger partial charge in [0.2, 0.25) is 0 Å². The first kappa shape index (κ1) is 21.8. The first-order valence-electron chi connectivity index (χ1n) is 11.8. The predicted molar refractivity (Wildman–Crippen MR) is 141 cm³/mol. The molecule has 0 spiro atoms. The van der Waals surface area contributed by atoms with Crippen LogP contribution in [0.15, 0.2) is 72.9 Å². The van der Waals surface area contributed by atoms with Crippen molar-refractivity contribution in [3.63, 3.8) is 0 Å². The molecule has 2 N–H and O–H groups in total. The third-order valence-corrected chi connectivity index (χ3v) is 6.86. The Morgan fingerprint density at radius 1 is 0.727 bits per heavy atom. The molecule has 0 unspecified atom stereocenters. The summed E-state index contributed by atoms with van der Waals surface area (Å²) < 4.78 is 0. The van der Waals surface area contributed by atoms with Crippen LogP contribution >= 0.6 is 11.6 Å². The minimum atomic E-state index is 0.477. The number of fused-ring (bicyclic) bond motifs is 1. The van der Waals surface area contributed by atoms with E-state index in [1.165, 1.54) is 27.9 Å². The number of halogens is 1. The van der Waals surface area contributed by atoms with Crippen LogP contribution in [0.4, 0.5) is 11.4 Å². The molecule has 0 aliphatic heterocycles. The molecule has 1 aromatic heterocycles. The van der Waals surface area contributed by atoms with Crippen molar-refractivity contribution in [3.8, 4) is 11.1 Å². The minimum Gasteiger partial charge on any atom is -0.382 e. The molecule has 168 valence electrons. The summed E-state index contributed by atoms with van der Waals surface area (Å²) in [6.07, 6.45) is 6.45. The molecule has 1 fully saturated rings. The molecule has 5 rings (SSSR count). The Hall–Kier alpha value is -3.04. The predicted octanol–water partition coefficient (Wildman–Crippen LogP) is 8.01. The second kappa shape index (κ2) is 9.44. The van der Waals surface area contributed by atoms with Gasteiger partial charge in [0.05, 0.1) is 5.52 Å². The van der Waals surface area contributed by atoms with Crippen molar-refractivity contribution in [1.29, 1.82) is 0 Å². The van der Waals surface area contributed by atoms with Gasteiger partial charge in [0.1, 0.15) is 0 Å². The van der Waals surface area contributed by atoms with E-state index in [9.17, 15) is 0 Å². The molecular formula is C29H30ClN3. The van der Waals surface area contributed by atoms with Crippen LogP contribution in [0.3, 0.4) is 0 Å². The standard InChI is InChI=1S/C29H30ClN3/c1-19-3-5-21(6-4-19)22-15-20(2)16-26(17-22)32-24-8-10-25(11-9-24)33-28-13-14-31-29-18-23(30)7-12-27(28)29/h3-7,12-18,24-25,32H,8-11H2,1-2H3,(H,31,33). The van der Waals surface area contributed by atoms with Crippen molar-refractivity contribution < 1.29 is 0 Å². The lowest BCUT2D eigenvalue weighted by atomic mass is 9.90. The molecule has 0 saturated heterocycles. The molecule has 1 aliphatic carbocycles. The molecule has 0 atom stereocenters. The summed E-state index contributed by atoms with van der Waals surface area (Å²) >= 11 is 6.14. The summed E-state index contributed by atoms with van der Waals surface area (Å²) in [6.45, 7) is 4.31. The lowest BCUT2D eigenvalue weighted by molar-refractivity contribution is 0.429. The fraction of sp³-hybridized carbons (Fsp3) is 0.276. The molecule has 0 radical (unpaired) electrons. The van der Waals surface area contributed by atoms with Crippen molar-refractivity contribution in [1.82, 2.24) is 4.98 Å². The van der Waals surface area contributed by atoms with Crippen molar-refractivity contribution in [2.75, 3.05) is 10.6 Å². The van der Waals surface area contributed by atoms with Gasteiger partial charge >= 0.3 is 0 Å². The first-order valence-corrected chi connectivity index (χ1v) is 12.2. The normalized spacial score (nSPS) is 18.3. The average molecular weight is 456 g/mol. The molecule has 4 aromatic rings. The van der Waals surface area contributed by atoms with E-state index in [2.05, 4.69) is 84.1 Å². The van der Waals surface area contributed by atoms with E-state index in [0.29, 0.717) is 12.1 Å². The Labute approximate surface area is 201 Å². The van der Waals surface area contributed by atoms with Gasteiger partial charge in [0.15, 0.2) is 0 Å². The van der Waals surface area contributed by atoms with Gasteiger partial charge in [-0.05, 0) is 92.6 Å². The van der Waals surface area contributed by atoms with Crippen molar-refractivity contribution >= 4 is 33.9 Å². The molecule has 3 nitrogen and oxygen atoms in total. The summed E-state index contributed by atoms with van der Waals surface area (Å²) in [4.78, 5) is 4.46. The van der Waals surface area contributed by atoms with E-state index < -0.39 is 0 Å². The molecule has 1 aliphatic rings. The number of hydrogen-bond donors (Lipinski definition) is 2. The Bertz CT molecular complexity index is 1260. The number of nitrogens with one attached hydrogen (secondary N) is 2. The maximum absolute atomic E-state index is 6.14. The number of anilines is 2. The van der Waals surface area contributed by atoms with Crippen LogP contribution in [0.1, 0.15) is 36.8 Å². The third-order valence-electron chi connectivity index (χ3n) is 6.62. The highest BCUT2D eigenvalue weighted by molar-refractivity contribution is 6.31. The van der Waals surface area contributed by atoms with Crippen LogP contribution in [0.5, 0.6) is 0 Å². The number of hydrogen-bond acceptors (Lipinski definition) is 3. The van der Waals surface area contributed by atoms with Crippen LogP contribution in [0.25, 0.3) is 22.0 Å². The summed E-state index contributed by atoms with van der Waals surface area (Å²) in [5, 5.41) is 9.42. The Morgan fingerprint density at radius 2 is 1.45 bits per heavy atom. The average Bonchev–Trinajstić information content (AvgIpc) is 2.80. The van der Waals surface area contributed by atoms with Gasteiger partial charge in [0.25, 0.3) is 0 Å². The number of nitrogens with zero attached hydrogens (tertiary/aromatic N) is 1. The Morgan fingerprint density at radius 3 is 2.21 bits per heavy atom. The molecule has 0 bridgehead atoms. The number of pyridine rings is 1. The van der Waals surface area contributed by atoms with Crippen molar-refractivity contribution in [3.05, 3.63) is 89.1 Å². The van der Waals surface area contributed by atoms with Crippen LogP contribution < -0.4 is 10.6 Å². The van der Waals surface area contributed by atoms with E-state index in [4.69, 9.17) is 11.6 Å². The largest absolute Gasteiger partial charge is 0.382 e. The Kier molecular flexibility index (Phi) is 6.24. The number of benzene rings is 3. The van der Waals surface area contributed by atoms with Crippen molar-refractivity contribution in [2.45, 2.75) is 51.6 Å². The number of aromatic nitrogens is 1. The van der Waals surface area contributed by atoms with Gasteiger partial charge < -0.3 is 10.6 Å². The second-order valence-electron chi connectivity index (χ2n) is 9.31. The highest BCUT2D eigenvalue weighted by Crippen LogP contribution is 2.30.